The number of sulfonamides is 1. The Kier molecular flexibility index (Phi) is 5.15. The van der Waals surface area contributed by atoms with E-state index < -0.39 is 10.0 Å². The van der Waals surface area contributed by atoms with Crippen LogP contribution in [0.3, 0.4) is 0 Å². The highest BCUT2D eigenvalue weighted by Gasteiger charge is 2.34. The molecule has 6 nitrogen and oxygen atoms in total. The maximum absolute atomic E-state index is 13.1. The van der Waals surface area contributed by atoms with Crippen LogP contribution in [0.2, 0.25) is 0 Å². The van der Waals surface area contributed by atoms with Gasteiger partial charge in [0.1, 0.15) is 0 Å². The summed E-state index contributed by atoms with van der Waals surface area (Å²) in [4.78, 5) is 15.5. The van der Waals surface area contributed by atoms with Crippen LogP contribution in [0.1, 0.15) is 37.8 Å². The van der Waals surface area contributed by atoms with E-state index in [-0.39, 0.29) is 16.8 Å². The molecule has 25 heavy (non-hydrogen) atoms. The van der Waals surface area contributed by atoms with Crippen LogP contribution in [0.15, 0.2) is 53.7 Å². The lowest BCUT2D eigenvalue weighted by Gasteiger charge is -2.34. The van der Waals surface area contributed by atoms with E-state index in [1.807, 2.05) is 12.1 Å². The summed E-state index contributed by atoms with van der Waals surface area (Å²) in [7, 11) is -3.61. The lowest BCUT2D eigenvalue weighted by Crippen LogP contribution is -2.38. The highest BCUT2D eigenvalue weighted by molar-refractivity contribution is 7.89. The van der Waals surface area contributed by atoms with Crippen LogP contribution in [-0.4, -0.2) is 30.2 Å². The van der Waals surface area contributed by atoms with E-state index >= 15 is 0 Å². The van der Waals surface area contributed by atoms with Crippen LogP contribution in [0.25, 0.3) is 0 Å². The zero-order valence-corrected chi connectivity index (χ0v) is 14.9. The Labute approximate surface area is 147 Å². The minimum absolute atomic E-state index is 0.191. The molecule has 0 bridgehead atoms. The number of hydrogen-bond donors (Lipinski definition) is 1. The van der Waals surface area contributed by atoms with Gasteiger partial charge < -0.3 is 5.32 Å². The van der Waals surface area contributed by atoms with E-state index in [9.17, 15) is 13.2 Å². The molecule has 0 radical (unpaired) electrons. The zero-order valence-electron chi connectivity index (χ0n) is 14.1. The third kappa shape index (κ3) is 3.88. The van der Waals surface area contributed by atoms with Gasteiger partial charge in [-0.05, 0) is 48.7 Å². The SMILES string of the molecule is CC(=O)Nc1ccc(S(=O)(=O)N2CCCC[C@@H]2c2cccnc2)cc1. The molecule has 1 amide bonds. The summed E-state index contributed by atoms with van der Waals surface area (Å²) < 4.78 is 27.8. The molecule has 1 N–H and O–H groups in total. The van der Waals surface area contributed by atoms with Gasteiger partial charge in [0.25, 0.3) is 0 Å². The fourth-order valence-corrected chi connectivity index (χ4v) is 4.83. The average Bonchev–Trinajstić information content (AvgIpc) is 2.62. The molecule has 0 unspecified atom stereocenters. The molecule has 1 aromatic heterocycles. The standard InChI is InChI=1S/C18H21N3O3S/c1-14(22)20-16-7-9-17(10-8-16)25(23,24)21-12-3-2-6-18(21)15-5-4-11-19-13-15/h4-5,7-11,13,18H,2-3,6,12H2,1H3,(H,20,22)/t18-/m1/s1. The summed E-state index contributed by atoms with van der Waals surface area (Å²) in [6.45, 7) is 1.91. The van der Waals surface area contributed by atoms with Crippen LogP contribution in [0.4, 0.5) is 5.69 Å². The molecule has 132 valence electrons. The second kappa shape index (κ2) is 7.33. The fourth-order valence-electron chi connectivity index (χ4n) is 3.15. The fraction of sp³-hybridized carbons (Fsp3) is 0.333. The normalized spacial score (nSPS) is 18.7. The van der Waals surface area contributed by atoms with Crippen molar-refractivity contribution in [1.29, 1.82) is 0 Å². The van der Waals surface area contributed by atoms with Crippen molar-refractivity contribution in [2.75, 3.05) is 11.9 Å². The summed E-state index contributed by atoms with van der Waals surface area (Å²) in [6, 6.07) is 9.85. The number of amides is 1. The van der Waals surface area contributed by atoms with Crippen LogP contribution in [0.5, 0.6) is 0 Å². The number of piperidine rings is 1. The van der Waals surface area contributed by atoms with E-state index in [0.29, 0.717) is 12.2 Å². The van der Waals surface area contributed by atoms with Crippen molar-refractivity contribution >= 4 is 21.6 Å². The Morgan fingerprint density at radius 2 is 1.96 bits per heavy atom. The topological polar surface area (TPSA) is 79.4 Å². The lowest BCUT2D eigenvalue weighted by atomic mass is 9.99. The maximum Gasteiger partial charge on any atom is 0.243 e. The third-order valence-electron chi connectivity index (χ3n) is 4.30. The van der Waals surface area contributed by atoms with E-state index in [0.717, 1.165) is 24.8 Å². The van der Waals surface area contributed by atoms with Gasteiger partial charge in [-0.2, -0.15) is 4.31 Å². The number of hydrogen-bond acceptors (Lipinski definition) is 4. The summed E-state index contributed by atoms with van der Waals surface area (Å²) in [5, 5.41) is 2.64. The van der Waals surface area contributed by atoms with Gasteiger partial charge in [-0.15, -0.1) is 0 Å². The molecule has 0 aliphatic carbocycles. The molecule has 1 atom stereocenters. The van der Waals surface area contributed by atoms with E-state index in [2.05, 4.69) is 10.3 Å². The first-order valence-electron chi connectivity index (χ1n) is 8.28. The molecule has 7 heteroatoms. The summed E-state index contributed by atoms with van der Waals surface area (Å²) >= 11 is 0. The number of carbonyl (C=O) groups is 1. The van der Waals surface area contributed by atoms with Gasteiger partial charge in [0.15, 0.2) is 0 Å². The van der Waals surface area contributed by atoms with Gasteiger partial charge in [0.2, 0.25) is 15.9 Å². The van der Waals surface area contributed by atoms with Crippen molar-refractivity contribution in [3.05, 3.63) is 54.4 Å². The third-order valence-corrected chi connectivity index (χ3v) is 6.23. The Morgan fingerprint density at radius 1 is 1.20 bits per heavy atom. The maximum atomic E-state index is 13.1. The summed E-state index contributed by atoms with van der Waals surface area (Å²) in [5.74, 6) is -0.191. The average molecular weight is 359 g/mol. The molecule has 0 spiro atoms. The van der Waals surface area contributed by atoms with Gasteiger partial charge in [-0.25, -0.2) is 8.42 Å². The Morgan fingerprint density at radius 3 is 2.60 bits per heavy atom. The number of benzene rings is 1. The zero-order chi connectivity index (χ0) is 17.9. The van der Waals surface area contributed by atoms with Crippen LogP contribution >= 0.6 is 0 Å². The molecule has 2 heterocycles. The van der Waals surface area contributed by atoms with Gasteiger partial charge in [0, 0.05) is 31.5 Å². The quantitative estimate of drug-likeness (QED) is 0.910. The Balaban J connectivity index is 1.90. The number of carbonyl (C=O) groups excluding carboxylic acids is 1. The molecule has 2 aromatic rings. The summed E-state index contributed by atoms with van der Waals surface area (Å²) in [6.07, 6.45) is 6.05. The molecule has 1 aliphatic rings. The van der Waals surface area contributed by atoms with E-state index in [1.165, 1.54) is 19.1 Å². The van der Waals surface area contributed by atoms with Crippen LogP contribution in [0, 0.1) is 0 Å². The van der Waals surface area contributed by atoms with Crippen molar-refractivity contribution in [1.82, 2.24) is 9.29 Å². The predicted octanol–water partition coefficient (Wildman–Crippen LogP) is 2.96. The van der Waals surface area contributed by atoms with Gasteiger partial charge in [-0.3, -0.25) is 9.78 Å². The first kappa shape index (κ1) is 17.6. The molecule has 1 saturated heterocycles. The molecule has 1 fully saturated rings. The molecular weight excluding hydrogens is 338 g/mol. The number of anilines is 1. The number of nitrogens with zero attached hydrogens (tertiary/aromatic N) is 2. The first-order chi connectivity index (χ1) is 12.0. The van der Waals surface area contributed by atoms with Crippen molar-refractivity contribution in [3.63, 3.8) is 0 Å². The highest BCUT2D eigenvalue weighted by atomic mass is 32.2. The highest BCUT2D eigenvalue weighted by Crippen LogP contribution is 2.35. The second-order valence-corrected chi connectivity index (χ2v) is 8.01. The van der Waals surface area contributed by atoms with Crippen molar-refractivity contribution in [2.45, 2.75) is 37.1 Å². The number of aromatic nitrogens is 1. The lowest BCUT2D eigenvalue weighted by molar-refractivity contribution is -0.114. The Hall–Kier alpha value is -2.25. The monoisotopic (exact) mass is 359 g/mol. The minimum Gasteiger partial charge on any atom is -0.326 e. The molecule has 1 aliphatic heterocycles. The predicted molar refractivity (Wildman–Crippen MR) is 95.5 cm³/mol. The number of pyridine rings is 1. The van der Waals surface area contributed by atoms with Crippen LogP contribution in [-0.2, 0) is 14.8 Å². The largest absolute Gasteiger partial charge is 0.326 e. The molecule has 0 saturated carbocycles. The van der Waals surface area contributed by atoms with E-state index in [4.69, 9.17) is 0 Å². The van der Waals surface area contributed by atoms with E-state index in [1.54, 1.807) is 28.8 Å². The van der Waals surface area contributed by atoms with Gasteiger partial charge in [0.05, 0.1) is 10.9 Å². The molecule has 1 aromatic carbocycles. The summed E-state index contributed by atoms with van der Waals surface area (Å²) in [5.41, 5.74) is 1.49. The Bertz CT molecular complexity index is 836. The smallest absolute Gasteiger partial charge is 0.243 e. The van der Waals surface area contributed by atoms with Gasteiger partial charge >= 0.3 is 0 Å². The molecular formula is C18H21N3O3S. The number of nitrogens with one attached hydrogen (secondary N) is 1. The van der Waals surface area contributed by atoms with Crippen molar-refractivity contribution in [3.8, 4) is 0 Å². The first-order valence-corrected chi connectivity index (χ1v) is 9.72. The second-order valence-electron chi connectivity index (χ2n) is 6.12. The van der Waals surface area contributed by atoms with Crippen molar-refractivity contribution < 1.29 is 13.2 Å². The van der Waals surface area contributed by atoms with Gasteiger partial charge in [-0.1, -0.05) is 12.5 Å². The number of rotatable bonds is 4. The molecule has 3 rings (SSSR count). The van der Waals surface area contributed by atoms with Crippen molar-refractivity contribution in [2.24, 2.45) is 0 Å². The van der Waals surface area contributed by atoms with Crippen LogP contribution < -0.4 is 5.32 Å². The minimum atomic E-state index is -3.61.